The first-order chi connectivity index (χ1) is 7.21. The molecular formula is C10H18N2O3S. The van der Waals surface area contributed by atoms with Crippen molar-refractivity contribution < 1.29 is 13.2 Å². The van der Waals surface area contributed by atoms with Crippen molar-refractivity contribution in [2.45, 2.75) is 25.1 Å². The van der Waals surface area contributed by atoms with Crippen LogP contribution in [-0.2, 0) is 9.84 Å². The van der Waals surface area contributed by atoms with Gasteiger partial charge in [-0.25, -0.2) is 13.2 Å². The maximum atomic E-state index is 11.5. The fraction of sp³-hybridized carbons (Fsp3) is 0.700. The Morgan fingerprint density at radius 1 is 1.50 bits per heavy atom. The Kier molecular flexibility index (Phi) is 5.31. The molecule has 0 saturated heterocycles. The summed E-state index contributed by atoms with van der Waals surface area (Å²) in [7, 11) is -1.62. The largest absolute Gasteiger partial charge is 0.327 e. The van der Waals surface area contributed by atoms with E-state index in [1.54, 1.807) is 13.8 Å². The highest BCUT2D eigenvalue weighted by Crippen LogP contribution is 2.09. The van der Waals surface area contributed by atoms with Crippen molar-refractivity contribution >= 4 is 15.9 Å². The maximum absolute atomic E-state index is 11.5. The monoisotopic (exact) mass is 246 g/mol. The molecule has 0 saturated carbocycles. The SMILES string of the molecule is C#CCNC(=O)N(C)[C@H](C)[C@H](C)S(C)(=O)=O. The molecule has 0 unspecified atom stereocenters. The number of urea groups is 1. The molecule has 0 heterocycles. The first-order valence-electron chi connectivity index (χ1n) is 4.84. The summed E-state index contributed by atoms with van der Waals surface area (Å²) in [6, 6.07) is -0.784. The normalized spacial score (nSPS) is 14.7. The number of hydrogen-bond donors (Lipinski definition) is 1. The topological polar surface area (TPSA) is 66.5 Å². The molecule has 0 aromatic carbocycles. The number of amides is 2. The fourth-order valence-corrected chi connectivity index (χ4v) is 2.01. The van der Waals surface area contributed by atoms with E-state index in [2.05, 4.69) is 11.2 Å². The van der Waals surface area contributed by atoms with Crippen LogP contribution in [0.15, 0.2) is 0 Å². The van der Waals surface area contributed by atoms with E-state index >= 15 is 0 Å². The molecule has 92 valence electrons. The number of nitrogens with zero attached hydrogens (tertiary/aromatic N) is 1. The van der Waals surface area contributed by atoms with Gasteiger partial charge in [-0.15, -0.1) is 6.42 Å². The van der Waals surface area contributed by atoms with Gasteiger partial charge in [-0.05, 0) is 13.8 Å². The van der Waals surface area contributed by atoms with Gasteiger partial charge in [0.25, 0.3) is 0 Å². The van der Waals surface area contributed by atoms with Crippen molar-refractivity contribution in [3.63, 3.8) is 0 Å². The number of terminal acetylenes is 1. The van der Waals surface area contributed by atoms with Gasteiger partial charge in [0.1, 0.15) is 0 Å². The number of nitrogens with one attached hydrogen (secondary N) is 1. The van der Waals surface area contributed by atoms with E-state index in [4.69, 9.17) is 6.42 Å². The summed E-state index contributed by atoms with van der Waals surface area (Å²) in [4.78, 5) is 12.8. The van der Waals surface area contributed by atoms with E-state index in [9.17, 15) is 13.2 Å². The van der Waals surface area contributed by atoms with Crippen molar-refractivity contribution in [2.24, 2.45) is 0 Å². The van der Waals surface area contributed by atoms with Crippen molar-refractivity contribution in [2.75, 3.05) is 19.8 Å². The van der Waals surface area contributed by atoms with Crippen LogP contribution >= 0.6 is 0 Å². The summed E-state index contributed by atoms with van der Waals surface area (Å²) in [5.41, 5.74) is 0. The third kappa shape index (κ3) is 4.11. The van der Waals surface area contributed by atoms with Gasteiger partial charge < -0.3 is 10.2 Å². The molecule has 0 fully saturated rings. The highest BCUT2D eigenvalue weighted by atomic mass is 32.2. The number of hydrogen-bond acceptors (Lipinski definition) is 3. The molecular weight excluding hydrogens is 228 g/mol. The molecule has 2 amide bonds. The Bertz CT molecular complexity index is 383. The summed E-state index contributed by atoms with van der Waals surface area (Å²) >= 11 is 0. The first kappa shape index (κ1) is 14.8. The maximum Gasteiger partial charge on any atom is 0.318 e. The molecule has 16 heavy (non-hydrogen) atoms. The van der Waals surface area contributed by atoms with Crippen LogP contribution in [0.2, 0.25) is 0 Å². The van der Waals surface area contributed by atoms with Gasteiger partial charge in [0, 0.05) is 19.3 Å². The van der Waals surface area contributed by atoms with E-state index in [1.165, 1.54) is 11.9 Å². The lowest BCUT2D eigenvalue weighted by molar-refractivity contribution is 0.194. The molecule has 0 aromatic rings. The molecule has 0 aliphatic heterocycles. The number of carbonyl (C=O) groups excluding carboxylic acids is 1. The average molecular weight is 246 g/mol. The van der Waals surface area contributed by atoms with Crippen LogP contribution in [0.5, 0.6) is 0 Å². The predicted molar refractivity (Wildman–Crippen MR) is 63.8 cm³/mol. The second-order valence-corrected chi connectivity index (χ2v) is 6.15. The van der Waals surface area contributed by atoms with Gasteiger partial charge in [0.15, 0.2) is 9.84 Å². The summed E-state index contributed by atoms with van der Waals surface area (Å²) in [5.74, 6) is 2.28. The molecule has 5 nitrogen and oxygen atoms in total. The second kappa shape index (κ2) is 5.75. The van der Waals surface area contributed by atoms with Crippen LogP contribution in [0.1, 0.15) is 13.8 Å². The third-order valence-corrected chi connectivity index (χ3v) is 4.37. The van der Waals surface area contributed by atoms with E-state index in [1.807, 2.05) is 0 Å². The van der Waals surface area contributed by atoms with Gasteiger partial charge in [-0.1, -0.05) is 5.92 Å². The lowest BCUT2D eigenvalue weighted by atomic mass is 10.2. The van der Waals surface area contributed by atoms with Crippen LogP contribution < -0.4 is 5.32 Å². The van der Waals surface area contributed by atoms with Crippen LogP contribution in [0.25, 0.3) is 0 Å². The highest BCUT2D eigenvalue weighted by molar-refractivity contribution is 7.91. The van der Waals surface area contributed by atoms with Crippen LogP contribution in [0.3, 0.4) is 0 Å². The van der Waals surface area contributed by atoms with E-state index in [-0.39, 0.29) is 12.6 Å². The van der Waals surface area contributed by atoms with Gasteiger partial charge in [-0.3, -0.25) is 0 Å². The molecule has 0 rings (SSSR count). The zero-order valence-corrected chi connectivity index (χ0v) is 10.8. The number of rotatable bonds is 4. The zero-order valence-electron chi connectivity index (χ0n) is 10.0. The van der Waals surface area contributed by atoms with Crippen molar-refractivity contribution in [1.82, 2.24) is 10.2 Å². The molecule has 2 atom stereocenters. The van der Waals surface area contributed by atoms with Gasteiger partial charge in [0.05, 0.1) is 11.8 Å². The standard InChI is InChI=1S/C10H18N2O3S/c1-6-7-11-10(13)12(4)8(2)9(3)16(5,14)15/h1,8-9H,7H2,2-5H3,(H,11,13)/t8-,9+/m1/s1. The minimum Gasteiger partial charge on any atom is -0.327 e. The van der Waals surface area contributed by atoms with E-state index < -0.39 is 21.1 Å². The molecule has 0 aliphatic carbocycles. The Hall–Kier alpha value is -1.22. The molecule has 1 N–H and O–H groups in total. The summed E-state index contributed by atoms with van der Waals surface area (Å²) in [6.45, 7) is 3.38. The average Bonchev–Trinajstić information content (AvgIpc) is 2.21. The van der Waals surface area contributed by atoms with Gasteiger partial charge in [0.2, 0.25) is 0 Å². The van der Waals surface area contributed by atoms with Crippen molar-refractivity contribution in [3.05, 3.63) is 0 Å². The van der Waals surface area contributed by atoms with Crippen molar-refractivity contribution in [3.8, 4) is 12.3 Å². The molecule has 0 aliphatic rings. The molecule has 0 radical (unpaired) electrons. The molecule has 0 spiro atoms. The summed E-state index contributed by atoms with van der Waals surface area (Å²) < 4.78 is 22.6. The minimum atomic E-state index is -3.16. The number of sulfone groups is 1. The van der Waals surface area contributed by atoms with Crippen LogP contribution in [0.4, 0.5) is 4.79 Å². The number of carbonyl (C=O) groups is 1. The first-order valence-corrected chi connectivity index (χ1v) is 6.80. The van der Waals surface area contributed by atoms with Gasteiger partial charge in [-0.2, -0.15) is 0 Å². The lowest BCUT2D eigenvalue weighted by Gasteiger charge is -2.28. The quantitative estimate of drug-likeness (QED) is 0.715. The smallest absolute Gasteiger partial charge is 0.318 e. The Morgan fingerprint density at radius 3 is 2.38 bits per heavy atom. The summed E-state index contributed by atoms with van der Waals surface area (Å²) in [6.07, 6.45) is 6.16. The fourth-order valence-electron chi connectivity index (χ4n) is 1.11. The third-order valence-electron chi connectivity index (χ3n) is 2.63. The van der Waals surface area contributed by atoms with Crippen molar-refractivity contribution in [1.29, 1.82) is 0 Å². The lowest BCUT2D eigenvalue weighted by Crippen LogP contribution is -2.48. The Balaban J connectivity index is 4.57. The van der Waals surface area contributed by atoms with Crippen LogP contribution in [-0.4, -0.2) is 50.5 Å². The van der Waals surface area contributed by atoms with Gasteiger partial charge >= 0.3 is 6.03 Å². The minimum absolute atomic E-state index is 0.128. The molecule has 0 bridgehead atoms. The predicted octanol–water partition coefficient (Wildman–Crippen LogP) is 0.0826. The summed E-state index contributed by atoms with van der Waals surface area (Å²) in [5, 5.41) is 1.86. The Morgan fingerprint density at radius 2 is 2.00 bits per heavy atom. The molecule has 6 heteroatoms. The molecule has 0 aromatic heterocycles. The second-order valence-electron chi connectivity index (χ2n) is 3.75. The zero-order chi connectivity index (χ0) is 12.9. The van der Waals surface area contributed by atoms with E-state index in [0.717, 1.165) is 6.26 Å². The highest BCUT2D eigenvalue weighted by Gasteiger charge is 2.27. The Labute approximate surface area is 97.1 Å². The van der Waals surface area contributed by atoms with Crippen LogP contribution in [0, 0.1) is 12.3 Å². The van der Waals surface area contributed by atoms with E-state index in [0.29, 0.717) is 0 Å².